The van der Waals surface area contributed by atoms with Crippen LogP contribution in [0.1, 0.15) is 52.1 Å². The molecule has 1 N–H and O–H groups in total. The predicted molar refractivity (Wildman–Crippen MR) is 59.4 cm³/mol. The summed E-state index contributed by atoms with van der Waals surface area (Å²) in [5.74, 6) is 0. The number of aliphatic hydroxyl groups is 1. The molecule has 0 aliphatic carbocycles. The summed E-state index contributed by atoms with van der Waals surface area (Å²) < 4.78 is 1.82. The fraction of sp³-hybridized carbons (Fsp3) is 0.818. The predicted octanol–water partition coefficient (Wildman–Crippen LogP) is 2.09. The highest BCUT2D eigenvalue weighted by Crippen LogP contribution is 2.29. The largest absolute Gasteiger partial charge is 0.384 e. The Labute approximate surface area is 91.3 Å². The first kappa shape index (κ1) is 12.2. The molecule has 0 spiro atoms. The van der Waals surface area contributed by atoms with Crippen LogP contribution in [0.2, 0.25) is 0 Å². The van der Waals surface area contributed by atoms with Crippen molar-refractivity contribution in [2.45, 2.75) is 58.6 Å². The molecule has 1 unspecified atom stereocenters. The second-order valence-electron chi connectivity index (χ2n) is 3.98. The minimum Gasteiger partial charge on any atom is -0.384 e. The Morgan fingerprint density at radius 2 is 2.07 bits per heavy atom. The fourth-order valence-electron chi connectivity index (χ4n) is 1.89. The van der Waals surface area contributed by atoms with Crippen LogP contribution in [-0.4, -0.2) is 20.1 Å². The second-order valence-corrected chi connectivity index (χ2v) is 3.98. The molecule has 1 aromatic rings. The lowest BCUT2D eigenvalue weighted by molar-refractivity contribution is 0.0136. The molecule has 0 radical (unpaired) electrons. The van der Waals surface area contributed by atoms with Crippen LogP contribution in [0.25, 0.3) is 0 Å². The molecule has 1 heterocycles. The summed E-state index contributed by atoms with van der Waals surface area (Å²) in [5.41, 5.74) is 0.0988. The van der Waals surface area contributed by atoms with Crippen LogP contribution in [0.5, 0.6) is 0 Å². The van der Waals surface area contributed by atoms with E-state index in [1.165, 1.54) is 0 Å². The first-order valence-corrected chi connectivity index (χ1v) is 5.79. The highest BCUT2D eigenvalue weighted by atomic mass is 16.3. The maximum absolute atomic E-state index is 10.5. The number of hydrogen-bond acceptors (Lipinski definition) is 3. The van der Waals surface area contributed by atoms with Gasteiger partial charge in [-0.05, 0) is 19.3 Å². The molecule has 86 valence electrons. The minimum absolute atomic E-state index is 0.706. The molecule has 0 amide bonds. The first-order chi connectivity index (χ1) is 7.18. The van der Waals surface area contributed by atoms with E-state index in [0.717, 1.165) is 31.5 Å². The summed E-state index contributed by atoms with van der Waals surface area (Å²) in [6.07, 6.45) is 5.12. The highest BCUT2D eigenvalue weighted by Gasteiger charge is 2.30. The van der Waals surface area contributed by atoms with Crippen LogP contribution in [0, 0.1) is 0 Å². The molecule has 1 aromatic heterocycles. The van der Waals surface area contributed by atoms with Crippen molar-refractivity contribution in [2.75, 3.05) is 0 Å². The molecule has 0 aliphatic rings. The standard InChI is InChI=1S/C11H21N3O/c1-4-7-11(15,6-3)10-9-12-13-14(10)8-5-2/h9,15H,4-8H2,1-3H3. The van der Waals surface area contributed by atoms with E-state index in [1.807, 2.05) is 11.6 Å². The summed E-state index contributed by atoms with van der Waals surface area (Å²) in [5, 5.41) is 18.4. The average molecular weight is 211 g/mol. The molecule has 0 fully saturated rings. The van der Waals surface area contributed by atoms with E-state index in [1.54, 1.807) is 6.20 Å². The lowest BCUT2D eigenvalue weighted by Crippen LogP contribution is -2.28. The quantitative estimate of drug-likeness (QED) is 0.783. The fourth-order valence-corrected chi connectivity index (χ4v) is 1.89. The van der Waals surface area contributed by atoms with Crippen LogP contribution in [-0.2, 0) is 12.1 Å². The van der Waals surface area contributed by atoms with E-state index in [2.05, 4.69) is 24.2 Å². The number of rotatable bonds is 6. The molecule has 4 heteroatoms. The van der Waals surface area contributed by atoms with Gasteiger partial charge in [-0.3, -0.25) is 0 Å². The molecule has 0 aromatic carbocycles. The van der Waals surface area contributed by atoms with E-state index in [4.69, 9.17) is 0 Å². The van der Waals surface area contributed by atoms with Crippen molar-refractivity contribution in [3.05, 3.63) is 11.9 Å². The Kier molecular flexibility index (Phi) is 4.27. The van der Waals surface area contributed by atoms with Crippen LogP contribution >= 0.6 is 0 Å². The monoisotopic (exact) mass is 211 g/mol. The maximum Gasteiger partial charge on any atom is 0.108 e. The van der Waals surface area contributed by atoms with Gasteiger partial charge in [-0.15, -0.1) is 5.10 Å². The third-order valence-electron chi connectivity index (χ3n) is 2.78. The third kappa shape index (κ3) is 2.56. The first-order valence-electron chi connectivity index (χ1n) is 5.79. The zero-order chi connectivity index (χ0) is 11.3. The highest BCUT2D eigenvalue weighted by molar-refractivity contribution is 5.07. The summed E-state index contributed by atoms with van der Waals surface area (Å²) in [6, 6.07) is 0. The third-order valence-corrected chi connectivity index (χ3v) is 2.78. The lowest BCUT2D eigenvalue weighted by Gasteiger charge is -2.26. The number of hydrogen-bond donors (Lipinski definition) is 1. The average Bonchev–Trinajstić information content (AvgIpc) is 2.67. The van der Waals surface area contributed by atoms with Gasteiger partial charge in [0.25, 0.3) is 0 Å². The molecule has 0 saturated heterocycles. The van der Waals surface area contributed by atoms with Gasteiger partial charge in [-0.2, -0.15) is 0 Å². The van der Waals surface area contributed by atoms with Gasteiger partial charge in [0.15, 0.2) is 0 Å². The molecule has 0 bridgehead atoms. The minimum atomic E-state index is -0.757. The van der Waals surface area contributed by atoms with E-state index in [0.29, 0.717) is 6.42 Å². The lowest BCUT2D eigenvalue weighted by atomic mass is 9.91. The number of aryl methyl sites for hydroxylation is 1. The molecular weight excluding hydrogens is 190 g/mol. The number of aromatic nitrogens is 3. The Hall–Kier alpha value is -0.900. The molecule has 4 nitrogen and oxygen atoms in total. The topological polar surface area (TPSA) is 50.9 Å². The van der Waals surface area contributed by atoms with E-state index in [-0.39, 0.29) is 0 Å². The van der Waals surface area contributed by atoms with Crippen molar-refractivity contribution in [3.63, 3.8) is 0 Å². The van der Waals surface area contributed by atoms with Crippen LogP contribution in [0.4, 0.5) is 0 Å². The smallest absolute Gasteiger partial charge is 0.108 e. The zero-order valence-corrected chi connectivity index (χ0v) is 9.90. The maximum atomic E-state index is 10.5. The SMILES string of the molecule is CCCn1nncc1C(O)(CC)CCC. The molecule has 1 atom stereocenters. The van der Waals surface area contributed by atoms with Gasteiger partial charge in [-0.1, -0.05) is 32.4 Å². The molecule has 15 heavy (non-hydrogen) atoms. The van der Waals surface area contributed by atoms with Crippen LogP contribution < -0.4 is 0 Å². The Bertz CT molecular complexity index is 298. The van der Waals surface area contributed by atoms with Crippen LogP contribution in [0.15, 0.2) is 6.20 Å². The van der Waals surface area contributed by atoms with E-state index < -0.39 is 5.60 Å². The van der Waals surface area contributed by atoms with Gasteiger partial charge in [0.1, 0.15) is 5.60 Å². The van der Waals surface area contributed by atoms with Crippen molar-refractivity contribution in [1.82, 2.24) is 15.0 Å². The second kappa shape index (κ2) is 5.26. The summed E-state index contributed by atoms with van der Waals surface area (Å²) in [6.45, 7) is 6.99. The van der Waals surface area contributed by atoms with Crippen molar-refractivity contribution >= 4 is 0 Å². The van der Waals surface area contributed by atoms with Crippen molar-refractivity contribution < 1.29 is 5.11 Å². The Balaban J connectivity index is 2.95. The van der Waals surface area contributed by atoms with Gasteiger partial charge in [0.05, 0.1) is 11.9 Å². The summed E-state index contributed by atoms with van der Waals surface area (Å²) in [7, 11) is 0. The van der Waals surface area contributed by atoms with E-state index >= 15 is 0 Å². The molecule has 1 rings (SSSR count). The van der Waals surface area contributed by atoms with Gasteiger partial charge >= 0.3 is 0 Å². The van der Waals surface area contributed by atoms with Gasteiger partial charge in [-0.25, -0.2) is 4.68 Å². The molecular formula is C11H21N3O. The number of nitrogens with zero attached hydrogens (tertiary/aromatic N) is 3. The van der Waals surface area contributed by atoms with Crippen molar-refractivity contribution in [2.24, 2.45) is 0 Å². The summed E-state index contributed by atoms with van der Waals surface area (Å²) in [4.78, 5) is 0. The van der Waals surface area contributed by atoms with Gasteiger partial charge in [0, 0.05) is 6.54 Å². The summed E-state index contributed by atoms with van der Waals surface area (Å²) >= 11 is 0. The van der Waals surface area contributed by atoms with E-state index in [9.17, 15) is 5.11 Å². The van der Waals surface area contributed by atoms with Gasteiger partial charge < -0.3 is 5.11 Å². The normalized spacial score (nSPS) is 15.2. The van der Waals surface area contributed by atoms with Crippen LogP contribution in [0.3, 0.4) is 0 Å². The Morgan fingerprint density at radius 1 is 1.33 bits per heavy atom. The Morgan fingerprint density at radius 3 is 2.60 bits per heavy atom. The van der Waals surface area contributed by atoms with Crippen molar-refractivity contribution in [1.29, 1.82) is 0 Å². The molecule has 0 aliphatic heterocycles. The van der Waals surface area contributed by atoms with Gasteiger partial charge in [0.2, 0.25) is 0 Å². The molecule has 0 saturated carbocycles. The zero-order valence-electron chi connectivity index (χ0n) is 9.90. The van der Waals surface area contributed by atoms with Crippen molar-refractivity contribution in [3.8, 4) is 0 Å².